The molecular weight excluding hydrogens is 316 g/mol. The third-order valence-corrected chi connectivity index (χ3v) is 4.44. The number of hydrogen-bond donors (Lipinski definition) is 1. The third-order valence-electron chi connectivity index (χ3n) is 3.54. The zero-order valence-electron chi connectivity index (χ0n) is 13.6. The molecule has 1 aliphatic rings. The Labute approximate surface area is 140 Å². The lowest BCUT2D eigenvalue weighted by atomic mass is 10.1. The summed E-state index contributed by atoms with van der Waals surface area (Å²) in [5.41, 5.74) is 0.917. The maximum absolute atomic E-state index is 12.1. The van der Waals surface area contributed by atoms with Crippen LogP contribution in [0.2, 0.25) is 0 Å². The standard InChI is InChI=1S/C16H22N2O4S/c1-4-22-13-6-5-12(9-14(13)21-3)11(2)17-15(19)10-18-7-8-23-16(18)20/h5-6,9,11H,4,7-8,10H2,1-3H3,(H,17,19)/t11-/m0/s1. The molecule has 2 amide bonds. The van der Waals surface area contributed by atoms with Gasteiger partial charge in [-0.3, -0.25) is 9.59 Å². The Bertz CT molecular complexity index is 579. The summed E-state index contributed by atoms with van der Waals surface area (Å²) in [6.45, 7) is 5.10. The van der Waals surface area contributed by atoms with Gasteiger partial charge in [0.05, 0.1) is 19.8 Å². The number of carbonyl (C=O) groups excluding carboxylic acids is 2. The van der Waals surface area contributed by atoms with E-state index < -0.39 is 0 Å². The first-order valence-corrected chi connectivity index (χ1v) is 8.55. The van der Waals surface area contributed by atoms with Crippen molar-refractivity contribution in [3.05, 3.63) is 23.8 Å². The van der Waals surface area contributed by atoms with Crippen molar-refractivity contribution in [1.29, 1.82) is 0 Å². The van der Waals surface area contributed by atoms with E-state index in [4.69, 9.17) is 9.47 Å². The molecule has 0 unspecified atom stereocenters. The van der Waals surface area contributed by atoms with Crippen molar-refractivity contribution in [2.24, 2.45) is 0 Å². The molecule has 0 bridgehead atoms. The highest BCUT2D eigenvalue weighted by Gasteiger charge is 2.24. The summed E-state index contributed by atoms with van der Waals surface area (Å²) < 4.78 is 10.8. The van der Waals surface area contributed by atoms with Crippen molar-refractivity contribution < 1.29 is 19.1 Å². The molecule has 1 aliphatic heterocycles. The number of nitrogens with one attached hydrogen (secondary N) is 1. The summed E-state index contributed by atoms with van der Waals surface area (Å²) in [4.78, 5) is 25.2. The number of carbonyl (C=O) groups is 2. The van der Waals surface area contributed by atoms with Crippen LogP contribution in [0.3, 0.4) is 0 Å². The first kappa shape index (κ1) is 17.5. The number of hydrogen-bond acceptors (Lipinski definition) is 5. The molecule has 1 aromatic rings. The van der Waals surface area contributed by atoms with Gasteiger partial charge in [-0.05, 0) is 31.5 Å². The molecule has 7 heteroatoms. The topological polar surface area (TPSA) is 67.9 Å². The Hall–Kier alpha value is -1.89. The third kappa shape index (κ3) is 4.54. The number of methoxy groups -OCH3 is 1. The second-order valence-electron chi connectivity index (χ2n) is 5.17. The van der Waals surface area contributed by atoms with E-state index in [1.807, 2.05) is 32.0 Å². The Kier molecular flexibility index (Phi) is 6.15. The Balaban J connectivity index is 1.98. The van der Waals surface area contributed by atoms with Gasteiger partial charge in [-0.15, -0.1) is 0 Å². The van der Waals surface area contributed by atoms with Gasteiger partial charge >= 0.3 is 0 Å². The molecule has 0 saturated carbocycles. The molecule has 1 fully saturated rings. The number of nitrogens with zero attached hydrogens (tertiary/aromatic N) is 1. The van der Waals surface area contributed by atoms with Gasteiger partial charge in [-0.25, -0.2) is 0 Å². The van der Waals surface area contributed by atoms with Gasteiger partial charge in [0.25, 0.3) is 5.24 Å². The Morgan fingerprint density at radius 3 is 2.83 bits per heavy atom. The zero-order chi connectivity index (χ0) is 16.8. The minimum Gasteiger partial charge on any atom is -0.493 e. The fourth-order valence-electron chi connectivity index (χ4n) is 2.34. The summed E-state index contributed by atoms with van der Waals surface area (Å²) in [5, 5.41) is 2.88. The van der Waals surface area contributed by atoms with Crippen molar-refractivity contribution in [1.82, 2.24) is 10.2 Å². The highest BCUT2D eigenvalue weighted by Crippen LogP contribution is 2.30. The molecule has 0 radical (unpaired) electrons. The summed E-state index contributed by atoms with van der Waals surface area (Å²) in [6.07, 6.45) is 0. The summed E-state index contributed by atoms with van der Waals surface area (Å²) in [6, 6.07) is 5.40. The smallest absolute Gasteiger partial charge is 0.282 e. The van der Waals surface area contributed by atoms with Crippen molar-refractivity contribution in [2.45, 2.75) is 19.9 Å². The fourth-order valence-corrected chi connectivity index (χ4v) is 3.17. The maximum Gasteiger partial charge on any atom is 0.282 e. The molecule has 0 spiro atoms. The van der Waals surface area contributed by atoms with Gasteiger partial charge in [-0.2, -0.15) is 0 Å². The van der Waals surface area contributed by atoms with Crippen molar-refractivity contribution in [3.8, 4) is 11.5 Å². The summed E-state index contributed by atoms with van der Waals surface area (Å²) in [7, 11) is 1.58. The van der Waals surface area contributed by atoms with Crippen LogP contribution in [-0.2, 0) is 4.79 Å². The van der Waals surface area contributed by atoms with E-state index in [2.05, 4.69) is 5.32 Å². The van der Waals surface area contributed by atoms with Crippen LogP contribution in [0.1, 0.15) is 25.5 Å². The largest absolute Gasteiger partial charge is 0.493 e. The molecule has 23 heavy (non-hydrogen) atoms. The van der Waals surface area contributed by atoms with Crippen LogP contribution in [0, 0.1) is 0 Å². The molecule has 1 saturated heterocycles. The number of thioether (sulfide) groups is 1. The molecule has 6 nitrogen and oxygen atoms in total. The molecule has 1 atom stereocenters. The van der Waals surface area contributed by atoms with Gasteiger partial charge in [0.15, 0.2) is 11.5 Å². The SMILES string of the molecule is CCOc1ccc([C@H](C)NC(=O)CN2CCSC2=O)cc1OC. The van der Waals surface area contributed by atoms with E-state index in [0.717, 1.165) is 11.3 Å². The Morgan fingerprint density at radius 2 is 2.22 bits per heavy atom. The Morgan fingerprint density at radius 1 is 1.43 bits per heavy atom. The van der Waals surface area contributed by atoms with Crippen LogP contribution >= 0.6 is 11.8 Å². The second kappa shape index (κ2) is 8.10. The van der Waals surface area contributed by atoms with Gasteiger partial charge in [-0.1, -0.05) is 17.8 Å². The van der Waals surface area contributed by atoms with Gasteiger partial charge in [0, 0.05) is 12.3 Å². The molecule has 126 valence electrons. The van der Waals surface area contributed by atoms with Gasteiger partial charge in [0.1, 0.15) is 6.54 Å². The highest BCUT2D eigenvalue weighted by molar-refractivity contribution is 8.13. The minimum absolute atomic E-state index is 0.0319. The number of benzene rings is 1. The van der Waals surface area contributed by atoms with Gasteiger partial charge < -0.3 is 19.7 Å². The molecule has 2 rings (SSSR count). The summed E-state index contributed by atoms with van der Waals surface area (Å²) in [5.74, 6) is 1.90. The van der Waals surface area contributed by atoms with Crippen LogP contribution in [0.25, 0.3) is 0 Å². The van der Waals surface area contributed by atoms with Crippen molar-refractivity contribution in [2.75, 3.05) is 32.6 Å². The van der Waals surface area contributed by atoms with Crippen LogP contribution in [-0.4, -0.2) is 48.6 Å². The van der Waals surface area contributed by atoms with Crippen molar-refractivity contribution >= 4 is 22.9 Å². The maximum atomic E-state index is 12.1. The van der Waals surface area contributed by atoms with E-state index in [1.165, 1.54) is 11.8 Å². The average Bonchev–Trinajstić information content (AvgIpc) is 2.92. The van der Waals surface area contributed by atoms with E-state index in [0.29, 0.717) is 24.7 Å². The first-order chi connectivity index (χ1) is 11.0. The lowest BCUT2D eigenvalue weighted by Gasteiger charge is -2.19. The van der Waals surface area contributed by atoms with Crippen LogP contribution < -0.4 is 14.8 Å². The molecule has 0 aliphatic carbocycles. The predicted octanol–water partition coefficient (Wildman–Crippen LogP) is 2.44. The van der Waals surface area contributed by atoms with Crippen LogP contribution in [0.15, 0.2) is 18.2 Å². The van der Waals surface area contributed by atoms with Crippen LogP contribution in [0.4, 0.5) is 4.79 Å². The average molecular weight is 338 g/mol. The first-order valence-electron chi connectivity index (χ1n) is 7.57. The van der Waals surface area contributed by atoms with Crippen LogP contribution in [0.5, 0.6) is 11.5 Å². The molecular formula is C16H22N2O4S. The van der Waals surface area contributed by atoms with E-state index >= 15 is 0 Å². The number of rotatable bonds is 7. The number of amides is 2. The second-order valence-corrected chi connectivity index (χ2v) is 6.21. The lowest BCUT2D eigenvalue weighted by molar-refractivity contribution is -0.122. The monoisotopic (exact) mass is 338 g/mol. The fraction of sp³-hybridized carbons (Fsp3) is 0.500. The lowest BCUT2D eigenvalue weighted by Crippen LogP contribution is -2.38. The molecule has 0 aromatic heterocycles. The molecule has 1 N–H and O–H groups in total. The van der Waals surface area contributed by atoms with E-state index in [9.17, 15) is 9.59 Å². The normalized spacial score (nSPS) is 15.4. The summed E-state index contributed by atoms with van der Waals surface area (Å²) >= 11 is 1.25. The molecule has 1 heterocycles. The quantitative estimate of drug-likeness (QED) is 0.827. The number of ether oxygens (including phenoxy) is 2. The highest BCUT2D eigenvalue weighted by atomic mass is 32.2. The molecule has 1 aromatic carbocycles. The van der Waals surface area contributed by atoms with Gasteiger partial charge in [0.2, 0.25) is 5.91 Å². The predicted molar refractivity (Wildman–Crippen MR) is 90.1 cm³/mol. The minimum atomic E-state index is -0.183. The zero-order valence-corrected chi connectivity index (χ0v) is 14.4. The van der Waals surface area contributed by atoms with E-state index in [-0.39, 0.29) is 23.7 Å². The van der Waals surface area contributed by atoms with Crippen molar-refractivity contribution in [3.63, 3.8) is 0 Å². The van der Waals surface area contributed by atoms with E-state index in [1.54, 1.807) is 12.0 Å².